The first-order valence-electron chi connectivity index (χ1n) is 5.60. The van der Waals surface area contributed by atoms with Gasteiger partial charge in [-0.2, -0.15) is 5.26 Å². The fourth-order valence-corrected chi connectivity index (χ4v) is 2.49. The summed E-state index contributed by atoms with van der Waals surface area (Å²) in [6.07, 6.45) is 5.14. The quantitative estimate of drug-likeness (QED) is 0.669. The van der Waals surface area contributed by atoms with E-state index < -0.39 is 0 Å². The van der Waals surface area contributed by atoms with Crippen LogP contribution in [-0.4, -0.2) is 36.2 Å². The number of rotatable bonds is 2. The Hall–Kier alpha value is -0.590. The number of nitriles is 1. The van der Waals surface area contributed by atoms with Crippen LogP contribution in [-0.2, 0) is 4.74 Å². The standard InChI is InChI=1S/C11H18N2O/c1-9-4-5-11(14-9)10(8-12)13-6-2-3-7-13/h9-11H,2-7H2,1H3. The number of hydrogen-bond donors (Lipinski definition) is 0. The Bertz CT molecular complexity index is 230. The molecular weight excluding hydrogens is 176 g/mol. The molecule has 0 aromatic rings. The molecule has 2 aliphatic heterocycles. The zero-order chi connectivity index (χ0) is 9.97. The third-order valence-electron chi connectivity index (χ3n) is 3.28. The molecule has 0 N–H and O–H groups in total. The van der Waals surface area contributed by atoms with E-state index in [1.54, 1.807) is 0 Å². The summed E-state index contributed by atoms with van der Waals surface area (Å²) in [6.45, 7) is 4.25. The van der Waals surface area contributed by atoms with Crippen molar-refractivity contribution in [2.45, 2.75) is 50.9 Å². The predicted molar refractivity (Wildman–Crippen MR) is 53.8 cm³/mol. The van der Waals surface area contributed by atoms with Crippen molar-refractivity contribution in [3.05, 3.63) is 0 Å². The second-order valence-corrected chi connectivity index (χ2v) is 4.38. The first-order chi connectivity index (χ1) is 6.81. The molecule has 78 valence electrons. The average Bonchev–Trinajstić information content (AvgIpc) is 2.79. The van der Waals surface area contributed by atoms with Crippen molar-refractivity contribution in [2.75, 3.05) is 13.1 Å². The van der Waals surface area contributed by atoms with Gasteiger partial charge in [0.2, 0.25) is 0 Å². The van der Waals surface area contributed by atoms with Crippen LogP contribution in [0.2, 0.25) is 0 Å². The highest BCUT2D eigenvalue weighted by atomic mass is 16.5. The highest BCUT2D eigenvalue weighted by Crippen LogP contribution is 2.26. The fraction of sp³-hybridized carbons (Fsp3) is 0.909. The van der Waals surface area contributed by atoms with Crippen LogP contribution in [0.3, 0.4) is 0 Å². The Morgan fingerprint density at radius 1 is 1.36 bits per heavy atom. The molecule has 0 aromatic heterocycles. The van der Waals surface area contributed by atoms with E-state index in [2.05, 4.69) is 17.9 Å². The van der Waals surface area contributed by atoms with E-state index >= 15 is 0 Å². The summed E-state index contributed by atoms with van der Waals surface area (Å²) in [7, 11) is 0. The maximum Gasteiger partial charge on any atom is 0.124 e. The van der Waals surface area contributed by atoms with Gasteiger partial charge < -0.3 is 4.74 Å². The Morgan fingerprint density at radius 3 is 2.57 bits per heavy atom. The third-order valence-corrected chi connectivity index (χ3v) is 3.28. The van der Waals surface area contributed by atoms with Crippen LogP contribution in [0.25, 0.3) is 0 Å². The van der Waals surface area contributed by atoms with Gasteiger partial charge >= 0.3 is 0 Å². The molecule has 3 unspecified atom stereocenters. The molecule has 0 spiro atoms. The SMILES string of the molecule is CC1CCC(C(C#N)N2CCCC2)O1. The molecule has 2 rings (SSSR count). The molecule has 3 nitrogen and oxygen atoms in total. The molecule has 0 aromatic carbocycles. The summed E-state index contributed by atoms with van der Waals surface area (Å²) in [5, 5.41) is 9.16. The summed E-state index contributed by atoms with van der Waals surface area (Å²) in [4.78, 5) is 2.28. The zero-order valence-electron chi connectivity index (χ0n) is 8.78. The van der Waals surface area contributed by atoms with E-state index in [0.717, 1.165) is 25.9 Å². The fourth-order valence-electron chi connectivity index (χ4n) is 2.49. The van der Waals surface area contributed by atoms with Crippen molar-refractivity contribution in [2.24, 2.45) is 0 Å². The van der Waals surface area contributed by atoms with Gasteiger partial charge in [-0.3, -0.25) is 4.90 Å². The molecule has 0 bridgehead atoms. The normalized spacial score (nSPS) is 35.7. The molecule has 2 saturated heterocycles. The summed E-state index contributed by atoms with van der Waals surface area (Å²) >= 11 is 0. The van der Waals surface area contributed by atoms with E-state index in [1.165, 1.54) is 12.8 Å². The van der Waals surface area contributed by atoms with E-state index in [1.807, 2.05) is 0 Å². The molecule has 14 heavy (non-hydrogen) atoms. The van der Waals surface area contributed by atoms with Crippen LogP contribution in [0.1, 0.15) is 32.6 Å². The third kappa shape index (κ3) is 1.92. The van der Waals surface area contributed by atoms with Crippen LogP contribution in [0.4, 0.5) is 0 Å². The Balaban J connectivity index is 1.95. The van der Waals surface area contributed by atoms with Gasteiger partial charge in [-0.05, 0) is 45.7 Å². The molecule has 3 heteroatoms. The van der Waals surface area contributed by atoms with Gasteiger partial charge in [-0.15, -0.1) is 0 Å². The molecule has 3 atom stereocenters. The van der Waals surface area contributed by atoms with Crippen LogP contribution in [0.15, 0.2) is 0 Å². The minimum Gasteiger partial charge on any atom is -0.373 e. The lowest BCUT2D eigenvalue weighted by Crippen LogP contribution is -2.40. The van der Waals surface area contributed by atoms with Crippen LogP contribution >= 0.6 is 0 Å². The van der Waals surface area contributed by atoms with Crippen LogP contribution in [0.5, 0.6) is 0 Å². The predicted octanol–water partition coefficient (Wildman–Crippen LogP) is 1.54. The summed E-state index contributed by atoms with van der Waals surface area (Å²) in [5.74, 6) is 0. The van der Waals surface area contributed by atoms with E-state index in [4.69, 9.17) is 10.00 Å². The molecular formula is C11H18N2O. The van der Waals surface area contributed by atoms with Crippen molar-refractivity contribution in [3.63, 3.8) is 0 Å². The molecule has 0 amide bonds. The highest BCUT2D eigenvalue weighted by molar-refractivity contribution is 5.00. The first-order valence-corrected chi connectivity index (χ1v) is 5.60. The van der Waals surface area contributed by atoms with Gasteiger partial charge in [-0.25, -0.2) is 0 Å². The van der Waals surface area contributed by atoms with Crippen molar-refractivity contribution >= 4 is 0 Å². The van der Waals surface area contributed by atoms with Crippen LogP contribution < -0.4 is 0 Å². The van der Waals surface area contributed by atoms with Crippen molar-refractivity contribution in [1.29, 1.82) is 5.26 Å². The second kappa shape index (κ2) is 4.29. The minimum absolute atomic E-state index is 0.00227. The summed E-state index contributed by atoms with van der Waals surface area (Å²) in [5.41, 5.74) is 0. The number of ether oxygens (including phenoxy) is 1. The number of hydrogen-bond acceptors (Lipinski definition) is 3. The lowest BCUT2D eigenvalue weighted by molar-refractivity contribution is 0.0163. The van der Waals surface area contributed by atoms with E-state index in [9.17, 15) is 0 Å². The van der Waals surface area contributed by atoms with Gasteiger partial charge in [-0.1, -0.05) is 0 Å². The van der Waals surface area contributed by atoms with E-state index in [0.29, 0.717) is 6.10 Å². The van der Waals surface area contributed by atoms with Gasteiger partial charge in [0.05, 0.1) is 18.3 Å². The Morgan fingerprint density at radius 2 is 2.07 bits per heavy atom. The van der Waals surface area contributed by atoms with Gasteiger partial charge in [0, 0.05) is 0 Å². The zero-order valence-corrected chi connectivity index (χ0v) is 8.78. The summed E-state index contributed by atoms with van der Waals surface area (Å²) in [6, 6.07) is 2.41. The molecule has 2 heterocycles. The maximum absolute atomic E-state index is 9.16. The Labute approximate surface area is 85.6 Å². The Kier molecular flexibility index (Phi) is 3.05. The van der Waals surface area contributed by atoms with Crippen molar-refractivity contribution in [1.82, 2.24) is 4.90 Å². The van der Waals surface area contributed by atoms with Crippen molar-refractivity contribution in [3.8, 4) is 6.07 Å². The average molecular weight is 194 g/mol. The molecule has 0 aliphatic carbocycles. The lowest BCUT2D eigenvalue weighted by atomic mass is 10.1. The lowest BCUT2D eigenvalue weighted by Gasteiger charge is -2.26. The van der Waals surface area contributed by atoms with E-state index in [-0.39, 0.29) is 12.1 Å². The smallest absolute Gasteiger partial charge is 0.124 e. The molecule has 2 aliphatic rings. The second-order valence-electron chi connectivity index (χ2n) is 4.38. The van der Waals surface area contributed by atoms with Gasteiger partial charge in [0.25, 0.3) is 0 Å². The highest BCUT2D eigenvalue weighted by Gasteiger charge is 2.34. The molecule has 0 radical (unpaired) electrons. The largest absolute Gasteiger partial charge is 0.373 e. The van der Waals surface area contributed by atoms with Crippen molar-refractivity contribution < 1.29 is 4.74 Å². The maximum atomic E-state index is 9.16. The summed E-state index contributed by atoms with van der Waals surface area (Å²) < 4.78 is 5.76. The van der Waals surface area contributed by atoms with Gasteiger partial charge in [0.1, 0.15) is 6.04 Å². The number of nitrogens with zero attached hydrogens (tertiary/aromatic N) is 2. The molecule has 2 fully saturated rings. The number of likely N-dealkylation sites (tertiary alicyclic amines) is 1. The topological polar surface area (TPSA) is 36.3 Å². The minimum atomic E-state index is 0.00227. The van der Waals surface area contributed by atoms with Crippen LogP contribution in [0, 0.1) is 11.3 Å². The molecule has 0 saturated carbocycles. The first kappa shape index (κ1) is 9.95. The van der Waals surface area contributed by atoms with Gasteiger partial charge in [0.15, 0.2) is 0 Å². The monoisotopic (exact) mass is 194 g/mol.